The molecular weight excluding hydrogens is 498 g/mol. The smallest absolute Gasteiger partial charge is 0.243 e. The molecule has 4 rings (SSSR count). The molecule has 4 aromatic carbocycles. The van der Waals surface area contributed by atoms with Crippen molar-refractivity contribution in [1.29, 1.82) is 0 Å². The molecule has 5 nitrogen and oxygen atoms in total. The van der Waals surface area contributed by atoms with E-state index in [9.17, 15) is 17.6 Å². The first-order valence-corrected chi connectivity index (χ1v) is 12.4. The third-order valence-corrected chi connectivity index (χ3v) is 7.64. The molecule has 1 N–H and O–H groups in total. The fourth-order valence-electron chi connectivity index (χ4n) is 3.53. The number of anilines is 1. The van der Waals surface area contributed by atoms with Crippen LogP contribution in [0.4, 0.5) is 10.1 Å². The summed E-state index contributed by atoms with van der Waals surface area (Å²) < 4.78 is 42.2. The maximum atomic E-state index is 14.5. The van der Waals surface area contributed by atoms with E-state index in [4.69, 9.17) is 23.2 Å². The molecule has 0 spiro atoms. The van der Waals surface area contributed by atoms with E-state index >= 15 is 0 Å². The fraction of sp³-hybridized carbons (Fsp3) is 0.0800. The lowest BCUT2D eigenvalue weighted by Crippen LogP contribution is -2.38. The van der Waals surface area contributed by atoms with Gasteiger partial charge in [-0.15, -0.1) is 0 Å². The number of hydrogen-bond acceptors (Lipinski definition) is 3. The maximum absolute atomic E-state index is 14.5. The summed E-state index contributed by atoms with van der Waals surface area (Å²) in [6.45, 7) is -0.988. The van der Waals surface area contributed by atoms with E-state index in [0.717, 1.165) is 15.1 Å². The second-order valence-corrected chi connectivity index (χ2v) is 10.3. The Kier molecular flexibility index (Phi) is 7.19. The number of carbonyl (C=O) groups excluding carboxylic acids is 1. The van der Waals surface area contributed by atoms with Crippen LogP contribution in [0.25, 0.3) is 10.8 Å². The van der Waals surface area contributed by atoms with Crippen LogP contribution in [0.3, 0.4) is 0 Å². The molecule has 0 bridgehead atoms. The number of amides is 1. The summed E-state index contributed by atoms with van der Waals surface area (Å²) in [4.78, 5) is 12.9. The molecule has 1 amide bonds. The van der Waals surface area contributed by atoms with Crippen LogP contribution >= 0.6 is 23.2 Å². The minimum Gasteiger partial charge on any atom is -0.324 e. The number of rotatable bonds is 7. The van der Waals surface area contributed by atoms with Crippen LogP contribution in [-0.4, -0.2) is 25.2 Å². The second-order valence-electron chi connectivity index (χ2n) is 7.50. The van der Waals surface area contributed by atoms with Gasteiger partial charge >= 0.3 is 0 Å². The number of carbonyl (C=O) groups is 1. The van der Waals surface area contributed by atoms with Crippen LogP contribution in [0.1, 0.15) is 5.56 Å². The monoisotopic (exact) mass is 516 g/mol. The van der Waals surface area contributed by atoms with Gasteiger partial charge in [0.2, 0.25) is 15.9 Å². The standard InChI is InChI=1S/C25H19Cl2FN2O3S/c26-18-11-13-19(14-12-18)34(32,33)30(15-21-22(27)8-4-9-23(21)28)16-25(31)29-24-10-3-6-17-5-1-2-7-20(17)24/h1-14H,15-16H2,(H,29,31). The van der Waals surface area contributed by atoms with Gasteiger partial charge in [0.1, 0.15) is 5.82 Å². The molecule has 34 heavy (non-hydrogen) atoms. The Morgan fingerprint density at radius 1 is 0.882 bits per heavy atom. The Balaban J connectivity index is 1.67. The van der Waals surface area contributed by atoms with Gasteiger partial charge in [-0.2, -0.15) is 4.31 Å². The van der Waals surface area contributed by atoms with Crippen LogP contribution in [0.5, 0.6) is 0 Å². The second kappa shape index (κ2) is 10.1. The van der Waals surface area contributed by atoms with E-state index in [1.54, 1.807) is 12.1 Å². The lowest BCUT2D eigenvalue weighted by Gasteiger charge is -2.23. The number of hydrogen-bond donors (Lipinski definition) is 1. The fourth-order valence-corrected chi connectivity index (χ4v) is 5.24. The molecule has 174 valence electrons. The summed E-state index contributed by atoms with van der Waals surface area (Å²) in [7, 11) is -4.19. The highest BCUT2D eigenvalue weighted by molar-refractivity contribution is 7.89. The zero-order valence-corrected chi connectivity index (χ0v) is 20.0. The largest absolute Gasteiger partial charge is 0.324 e. The molecule has 4 aromatic rings. The van der Waals surface area contributed by atoms with Gasteiger partial charge in [0, 0.05) is 33.2 Å². The molecule has 0 saturated carbocycles. The highest BCUT2D eigenvalue weighted by Gasteiger charge is 2.28. The van der Waals surface area contributed by atoms with Crippen molar-refractivity contribution >= 4 is 55.6 Å². The summed E-state index contributed by atoms with van der Waals surface area (Å²) in [5.74, 6) is -1.25. The van der Waals surface area contributed by atoms with Crippen molar-refractivity contribution in [1.82, 2.24) is 4.31 Å². The van der Waals surface area contributed by atoms with E-state index in [0.29, 0.717) is 10.7 Å². The first-order valence-electron chi connectivity index (χ1n) is 10.2. The minimum absolute atomic E-state index is 0.0281. The lowest BCUT2D eigenvalue weighted by atomic mass is 10.1. The van der Waals surface area contributed by atoms with Crippen LogP contribution in [0.2, 0.25) is 10.0 Å². The number of sulfonamides is 1. The van der Waals surface area contributed by atoms with Crippen molar-refractivity contribution in [3.63, 3.8) is 0 Å². The third-order valence-electron chi connectivity index (χ3n) is 5.23. The molecule has 0 atom stereocenters. The highest BCUT2D eigenvalue weighted by atomic mass is 35.5. The van der Waals surface area contributed by atoms with E-state index in [1.165, 1.54) is 42.5 Å². The molecular formula is C25H19Cl2FN2O3S. The van der Waals surface area contributed by atoms with Gasteiger partial charge in [0.15, 0.2) is 0 Å². The predicted molar refractivity (Wildman–Crippen MR) is 133 cm³/mol. The lowest BCUT2D eigenvalue weighted by molar-refractivity contribution is -0.116. The topological polar surface area (TPSA) is 66.5 Å². The molecule has 0 aliphatic heterocycles. The number of fused-ring (bicyclic) bond motifs is 1. The summed E-state index contributed by atoms with van der Waals surface area (Å²) >= 11 is 12.0. The van der Waals surface area contributed by atoms with E-state index in [-0.39, 0.29) is 15.5 Å². The first kappa shape index (κ1) is 24.2. The van der Waals surface area contributed by atoms with E-state index in [1.807, 2.05) is 30.3 Å². The zero-order valence-electron chi connectivity index (χ0n) is 17.7. The summed E-state index contributed by atoms with van der Waals surface area (Å²) in [5.41, 5.74) is 0.510. The van der Waals surface area contributed by atoms with Gasteiger partial charge in [-0.05, 0) is 47.9 Å². The number of nitrogens with zero attached hydrogens (tertiary/aromatic N) is 1. The van der Waals surface area contributed by atoms with Crippen molar-refractivity contribution in [2.45, 2.75) is 11.4 Å². The van der Waals surface area contributed by atoms with Crippen LogP contribution in [-0.2, 0) is 21.4 Å². The molecule has 0 aliphatic rings. The van der Waals surface area contributed by atoms with Gasteiger partial charge in [-0.1, -0.05) is 65.7 Å². The molecule has 0 unspecified atom stereocenters. The SMILES string of the molecule is O=C(CN(Cc1c(F)cccc1Cl)S(=O)(=O)c1ccc(Cl)cc1)Nc1cccc2ccccc12. The maximum Gasteiger partial charge on any atom is 0.243 e. The van der Waals surface area contributed by atoms with Crippen LogP contribution in [0, 0.1) is 5.82 Å². The Morgan fingerprint density at radius 3 is 2.29 bits per heavy atom. The average Bonchev–Trinajstić information content (AvgIpc) is 2.81. The third kappa shape index (κ3) is 5.23. The predicted octanol–water partition coefficient (Wildman–Crippen LogP) is 6.12. The van der Waals surface area contributed by atoms with Crippen LogP contribution in [0.15, 0.2) is 89.8 Å². The van der Waals surface area contributed by atoms with Gasteiger partial charge in [-0.3, -0.25) is 4.79 Å². The summed E-state index contributed by atoms with van der Waals surface area (Å²) in [5, 5.41) is 4.92. The van der Waals surface area contributed by atoms with Gasteiger partial charge in [0.05, 0.1) is 11.4 Å². The average molecular weight is 517 g/mol. The summed E-state index contributed by atoms with van der Waals surface area (Å²) in [6.07, 6.45) is 0. The van der Waals surface area contributed by atoms with Crippen molar-refractivity contribution < 1.29 is 17.6 Å². The van der Waals surface area contributed by atoms with Crippen molar-refractivity contribution in [2.75, 3.05) is 11.9 Å². The molecule has 0 aliphatic carbocycles. The Bertz CT molecular complexity index is 1440. The Labute approximate surface area is 206 Å². The molecule has 0 fully saturated rings. The van der Waals surface area contributed by atoms with E-state index < -0.39 is 34.8 Å². The van der Waals surface area contributed by atoms with Crippen molar-refractivity contribution in [2.24, 2.45) is 0 Å². The van der Waals surface area contributed by atoms with Crippen LogP contribution < -0.4 is 5.32 Å². The molecule has 0 saturated heterocycles. The van der Waals surface area contributed by atoms with E-state index in [2.05, 4.69) is 5.32 Å². The van der Waals surface area contributed by atoms with Gasteiger partial charge in [0.25, 0.3) is 0 Å². The molecule has 9 heteroatoms. The molecule has 0 aromatic heterocycles. The first-order chi connectivity index (χ1) is 16.3. The quantitative estimate of drug-likeness (QED) is 0.322. The number of benzene rings is 4. The van der Waals surface area contributed by atoms with Crippen molar-refractivity contribution in [3.05, 3.63) is 106 Å². The van der Waals surface area contributed by atoms with Crippen molar-refractivity contribution in [3.8, 4) is 0 Å². The zero-order chi connectivity index (χ0) is 24.3. The Morgan fingerprint density at radius 2 is 1.56 bits per heavy atom. The Hall–Kier alpha value is -2.97. The molecule has 0 heterocycles. The normalized spacial score (nSPS) is 11.6. The molecule has 0 radical (unpaired) electrons. The number of nitrogens with one attached hydrogen (secondary N) is 1. The number of halogens is 3. The summed E-state index contributed by atoms with van der Waals surface area (Å²) in [6, 6.07) is 22.5. The highest BCUT2D eigenvalue weighted by Crippen LogP contribution is 2.26. The van der Waals surface area contributed by atoms with Gasteiger partial charge in [-0.25, -0.2) is 12.8 Å². The van der Waals surface area contributed by atoms with Gasteiger partial charge < -0.3 is 5.32 Å². The minimum atomic E-state index is -4.19.